The molecule has 8 nitrogen and oxygen atoms in total. The van der Waals surface area contributed by atoms with Gasteiger partial charge in [0.1, 0.15) is 11.5 Å². The number of nitrogens with one attached hydrogen (secondary N) is 1. The topological polar surface area (TPSA) is 103 Å². The molecule has 0 radical (unpaired) electrons. The number of phenolic OH excluding ortho intramolecular Hbond substituents is 1. The number of ether oxygens (including phenoxy) is 1. The summed E-state index contributed by atoms with van der Waals surface area (Å²) < 4.78 is 6.13. The van der Waals surface area contributed by atoms with Crippen LogP contribution in [0, 0.1) is 0 Å². The van der Waals surface area contributed by atoms with Crippen molar-refractivity contribution < 1.29 is 24.2 Å². The number of Topliss-reactive ketones (excluding diaryl/α,β-unsaturated/α-hetero) is 1. The summed E-state index contributed by atoms with van der Waals surface area (Å²) in [5.74, 6) is -0.823. The molecule has 0 unspecified atom stereocenters. The van der Waals surface area contributed by atoms with Crippen molar-refractivity contribution in [2.24, 2.45) is 0 Å². The molecule has 0 saturated carbocycles. The van der Waals surface area contributed by atoms with Crippen LogP contribution in [0.3, 0.4) is 0 Å². The van der Waals surface area contributed by atoms with Gasteiger partial charge in [-0.3, -0.25) is 14.4 Å². The Balaban J connectivity index is 1.47. The number of rotatable bonds is 4. The first-order valence-corrected chi connectivity index (χ1v) is 10.5. The minimum absolute atomic E-state index is 0.0893. The smallest absolute Gasteiger partial charge is 0.295 e. The van der Waals surface area contributed by atoms with Gasteiger partial charge in [0.2, 0.25) is 0 Å². The average Bonchev–Trinajstić information content (AvgIpc) is 3.25. The van der Waals surface area contributed by atoms with E-state index in [1.54, 1.807) is 29.2 Å². The number of amides is 2. The number of piperazine rings is 1. The monoisotopic (exact) mass is 485 g/mol. The number of hydrogen-bond acceptors (Lipinski definition) is 5. The van der Waals surface area contributed by atoms with Crippen molar-refractivity contribution in [2.45, 2.75) is 0 Å². The number of H-pyrrole nitrogens is 1. The molecule has 0 atom stereocenters. The van der Waals surface area contributed by atoms with Gasteiger partial charge in [0.15, 0.2) is 0 Å². The highest BCUT2D eigenvalue weighted by molar-refractivity contribution is 9.10. The van der Waals surface area contributed by atoms with Crippen molar-refractivity contribution in [3.63, 3.8) is 0 Å². The van der Waals surface area contributed by atoms with Gasteiger partial charge in [-0.05, 0) is 52.3 Å². The molecule has 3 aromatic rings. The summed E-state index contributed by atoms with van der Waals surface area (Å²) in [7, 11) is 1.51. The Morgan fingerprint density at radius 1 is 1.00 bits per heavy atom. The Morgan fingerprint density at radius 2 is 1.65 bits per heavy atom. The van der Waals surface area contributed by atoms with Crippen molar-refractivity contribution in [2.75, 3.05) is 33.3 Å². The van der Waals surface area contributed by atoms with E-state index in [9.17, 15) is 19.5 Å². The average molecular weight is 486 g/mol. The predicted octanol–water partition coefficient (Wildman–Crippen LogP) is 2.81. The van der Waals surface area contributed by atoms with Gasteiger partial charge >= 0.3 is 0 Å². The zero-order valence-electron chi connectivity index (χ0n) is 16.7. The minimum atomic E-state index is -0.624. The number of phenols is 1. The van der Waals surface area contributed by atoms with Gasteiger partial charge in [-0.25, -0.2) is 0 Å². The van der Waals surface area contributed by atoms with E-state index in [0.29, 0.717) is 35.3 Å². The van der Waals surface area contributed by atoms with Crippen LogP contribution < -0.4 is 4.74 Å². The van der Waals surface area contributed by atoms with Crippen LogP contribution in [0.4, 0.5) is 0 Å². The second-order valence-electron chi connectivity index (χ2n) is 7.16. The summed E-state index contributed by atoms with van der Waals surface area (Å²) in [5, 5.41) is 9.93. The van der Waals surface area contributed by atoms with Gasteiger partial charge in [-0.2, -0.15) is 0 Å². The summed E-state index contributed by atoms with van der Waals surface area (Å²) >= 11 is 3.43. The van der Waals surface area contributed by atoms with Crippen LogP contribution >= 0.6 is 15.9 Å². The van der Waals surface area contributed by atoms with Crippen LogP contribution in [0.5, 0.6) is 11.5 Å². The molecule has 1 aliphatic rings. The second-order valence-corrected chi connectivity index (χ2v) is 8.02. The first-order valence-electron chi connectivity index (χ1n) is 9.66. The minimum Gasteiger partial charge on any atom is -0.508 e. The first kappa shape index (κ1) is 20.9. The van der Waals surface area contributed by atoms with Gasteiger partial charge in [0.25, 0.3) is 17.6 Å². The number of carbonyl (C=O) groups excluding carboxylic acids is 3. The number of nitrogens with zero attached hydrogens (tertiary/aromatic N) is 2. The zero-order valence-corrected chi connectivity index (χ0v) is 18.3. The van der Waals surface area contributed by atoms with Crippen molar-refractivity contribution in [3.05, 3.63) is 58.2 Å². The summed E-state index contributed by atoms with van der Waals surface area (Å²) in [6.07, 6.45) is 1.52. The molecular formula is C22H20BrN3O5. The zero-order chi connectivity index (χ0) is 22.1. The Bertz CT molecular complexity index is 1160. The molecular weight excluding hydrogens is 466 g/mol. The fourth-order valence-corrected chi connectivity index (χ4v) is 4.14. The van der Waals surface area contributed by atoms with Gasteiger partial charge in [-0.1, -0.05) is 0 Å². The third-order valence-electron chi connectivity index (χ3n) is 5.37. The van der Waals surface area contributed by atoms with E-state index in [1.807, 2.05) is 0 Å². The molecule has 0 aliphatic carbocycles. The van der Waals surface area contributed by atoms with E-state index < -0.39 is 11.7 Å². The van der Waals surface area contributed by atoms with Crippen LogP contribution in [-0.2, 0) is 4.79 Å². The number of hydrogen-bond donors (Lipinski definition) is 2. The standard InChI is InChI=1S/C22H20BrN3O5/c1-31-17-7-6-16(23)19-18(17)15(12-24-19)20(28)22(30)26-10-8-25(9-11-26)21(29)13-2-4-14(27)5-3-13/h2-7,12,24,27H,8-11H2,1H3. The van der Waals surface area contributed by atoms with Crippen molar-refractivity contribution in [3.8, 4) is 11.5 Å². The number of aromatic hydroxyl groups is 1. The quantitative estimate of drug-likeness (QED) is 0.436. The van der Waals surface area contributed by atoms with Gasteiger partial charge in [0, 0.05) is 42.4 Å². The number of ketones is 1. The summed E-state index contributed by atoms with van der Waals surface area (Å²) in [6, 6.07) is 9.56. The van der Waals surface area contributed by atoms with E-state index >= 15 is 0 Å². The highest BCUT2D eigenvalue weighted by Gasteiger charge is 2.31. The van der Waals surface area contributed by atoms with Crippen LogP contribution in [0.1, 0.15) is 20.7 Å². The van der Waals surface area contributed by atoms with E-state index in [2.05, 4.69) is 20.9 Å². The molecule has 1 saturated heterocycles. The highest BCUT2D eigenvalue weighted by Crippen LogP contribution is 2.34. The van der Waals surface area contributed by atoms with Crippen molar-refractivity contribution >= 4 is 44.4 Å². The molecule has 9 heteroatoms. The van der Waals surface area contributed by atoms with Crippen LogP contribution in [0.15, 0.2) is 47.1 Å². The lowest BCUT2D eigenvalue weighted by molar-refractivity contribution is -0.127. The molecule has 2 N–H and O–H groups in total. The molecule has 2 amide bonds. The molecule has 160 valence electrons. The number of aromatic nitrogens is 1. The molecule has 1 fully saturated rings. The van der Waals surface area contributed by atoms with E-state index in [0.717, 1.165) is 4.47 Å². The van der Waals surface area contributed by atoms with E-state index in [4.69, 9.17) is 4.74 Å². The lowest BCUT2D eigenvalue weighted by Crippen LogP contribution is -2.52. The maximum atomic E-state index is 13.0. The third-order valence-corrected chi connectivity index (χ3v) is 6.03. The second kappa shape index (κ2) is 8.43. The summed E-state index contributed by atoms with van der Waals surface area (Å²) in [4.78, 5) is 44.6. The Kier molecular flexibility index (Phi) is 5.69. The molecule has 31 heavy (non-hydrogen) atoms. The largest absolute Gasteiger partial charge is 0.508 e. The van der Waals surface area contributed by atoms with Crippen LogP contribution in [0.25, 0.3) is 10.9 Å². The van der Waals surface area contributed by atoms with E-state index in [-0.39, 0.29) is 30.3 Å². The molecule has 2 aromatic carbocycles. The first-order chi connectivity index (χ1) is 14.9. The number of halogens is 1. The number of carbonyl (C=O) groups is 3. The Hall–Kier alpha value is -3.33. The lowest BCUT2D eigenvalue weighted by Gasteiger charge is -2.34. The maximum absolute atomic E-state index is 13.0. The fourth-order valence-electron chi connectivity index (χ4n) is 3.69. The van der Waals surface area contributed by atoms with Crippen molar-refractivity contribution in [1.82, 2.24) is 14.8 Å². The maximum Gasteiger partial charge on any atom is 0.295 e. The predicted molar refractivity (Wildman–Crippen MR) is 117 cm³/mol. The SMILES string of the molecule is COc1ccc(Br)c2[nH]cc(C(=O)C(=O)N3CCN(C(=O)c4ccc(O)cc4)CC3)c12. The van der Waals surface area contributed by atoms with E-state index in [1.165, 1.54) is 30.3 Å². The Morgan fingerprint density at radius 3 is 2.29 bits per heavy atom. The van der Waals surface area contributed by atoms with Crippen LogP contribution in [0.2, 0.25) is 0 Å². The lowest BCUT2D eigenvalue weighted by atomic mass is 10.1. The van der Waals surface area contributed by atoms with Gasteiger partial charge in [-0.15, -0.1) is 0 Å². The number of benzene rings is 2. The third kappa shape index (κ3) is 3.88. The molecule has 1 aliphatic heterocycles. The highest BCUT2D eigenvalue weighted by atomic mass is 79.9. The van der Waals surface area contributed by atoms with Crippen LogP contribution in [-0.4, -0.2) is 70.8 Å². The Labute approximate surface area is 186 Å². The molecule has 0 spiro atoms. The number of aromatic amines is 1. The summed E-state index contributed by atoms with van der Waals surface area (Å²) in [5.41, 5.74) is 1.39. The molecule has 0 bridgehead atoms. The molecule has 1 aromatic heterocycles. The van der Waals surface area contributed by atoms with Crippen molar-refractivity contribution in [1.29, 1.82) is 0 Å². The number of methoxy groups -OCH3 is 1. The van der Waals surface area contributed by atoms with Gasteiger partial charge in [0.05, 0.1) is 23.6 Å². The number of fused-ring (bicyclic) bond motifs is 1. The molecule has 2 heterocycles. The molecule has 4 rings (SSSR count). The van der Waals surface area contributed by atoms with Gasteiger partial charge < -0.3 is 24.6 Å². The summed E-state index contributed by atoms with van der Waals surface area (Å²) in [6.45, 7) is 1.16. The normalized spacial score (nSPS) is 14.0. The fraction of sp³-hybridized carbons (Fsp3) is 0.227.